The van der Waals surface area contributed by atoms with E-state index in [9.17, 15) is 4.79 Å². The van der Waals surface area contributed by atoms with E-state index in [4.69, 9.17) is 14.2 Å². The second kappa shape index (κ2) is 5.57. The predicted octanol–water partition coefficient (Wildman–Crippen LogP) is 3.02. The largest absolute Gasteiger partial charge is 0.509 e. The number of carbonyl (C=O) groups excluding carboxylic acids is 1. The molecule has 17 heavy (non-hydrogen) atoms. The van der Waals surface area contributed by atoms with Crippen molar-refractivity contribution in [2.24, 2.45) is 0 Å². The molecule has 0 amide bonds. The number of hydrogen-bond acceptors (Lipinski definition) is 4. The van der Waals surface area contributed by atoms with Crippen LogP contribution >= 0.6 is 15.9 Å². The fraction of sp³-hybridized carbons (Fsp3) is 0.917. The maximum absolute atomic E-state index is 11.1. The molecular weight excluding hydrogens is 288 g/mol. The van der Waals surface area contributed by atoms with Gasteiger partial charge in [0.15, 0.2) is 0 Å². The maximum Gasteiger partial charge on any atom is 0.509 e. The first-order chi connectivity index (χ1) is 8.10. The Kier molecular flexibility index (Phi) is 4.31. The number of rotatable bonds is 2. The predicted molar refractivity (Wildman–Crippen MR) is 66.3 cm³/mol. The molecule has 2 aliphatic heterocycles. The maximum atomic E-state index is 11.1. The van der Waals surface area contributed by atoms with Gasteiger partial charge >= 0.3 is 6.16 Å². The van der Waals surface area contributed by atoms with Crippen molar-refractivity contribution in [1.82, 2.24) is 0 Å². The molecule has 0 aromatic heterocycles. The monoisotopic (exact) mass is 306 g/mol. The Balaban J connectivity index is 2.00. The van der Waals surface area contributed by atoms with E-state index in [1.807, 2.05) is 6.92 Å². The van der Waals surface area contributed by atoms with Gasteiger partial charge in [0, 0.05) is 11.2 Å². The van der Waals surface area contributed by atoms with Gasteiger partial charge in [-0.15, -0.1) is 0 Å². The van der Waals surface area contributed by atoms with Crippen molar-refractivity contribution in [3.8, 4) is 0 Å². The Bertz CT molecular complexity index is 284. The summed E-state index contributed by atoms with van der Waals surface area (Å²) in [5.41, 5.74) is 0. The normalized spacial score (nSPS) is 39.6. The average molecular weight is 307 g/mol. The Morgan fingerprint density at radius 3 is 2.76 bits per heavy atom. The lowest BCUT2D eigenvalue weighted by Gasteiger charge is -2.31. The Hall–Kier alpha value is -0.290. The first-order valence-corrected chi connectivity index (χ1v) is 7.18. The highest BCUT2D eigenvalue weighted by molar-refractivity contribution is 9.09. The fourth-order valence-electron chi connectivity index (χ4n) is 2.48. The standard InChI is InChI=1S/C12H19BrO4/c1-3-8(13)9-4-5-10-11(6-7(2)15-9)17-12(14)16-10/h7-11H,3-6H2,1-2H3/t7-,8+,9-,10+,11-/m0/s1. The molecular formula is C12H19BrO4. The van der Waals surface area contributed by atoms with Crippen LogP contribution in [0.15, 0.2) is 0 Å². The van der Waals surface area contributed by atoms with Crippen LogP contribution in [0.5, 0.6) is 0 Å². The molecule has 0 aliphatic carbocycles. The number of ether oxygens (including phenoxy) is 3. The smallest absolute Gasteiger partial charge is 0.427 e. The summed E-state index contributed by atoms with van der Waals surface area (Å²) in [5.74, 6) is 0. The van der Waals surface area contributed by atoms with Crippen LogP contribution in [0.1, 0.15) is 39.5 Å². The molecule has 5 heteroatoms. The zero-order valence-electron chi connectivity index (χ0n) is 10.2. The third-order valence-corrected chi connectivity index (χ3v) is 4.65. The Morgan fingerprint density at radius 2 is 2.06 bits per heavy atom. The van der Waals surface area contributed by atoms with Crippen molar-refractivity contribution in [3.63, 3.8) is 0 Å². The molecule has 98 valence electrons. The van der Waals surface area contributed by atoms with E-state index in [2.05, 4.69) is 22.9 Å². The van der Waals surface area contributed by atoms with Crippen molar-refractivity contribution in [3.05, 3.63) is 0 Å². The van der Waals surface area contributed by atoms with Crippen molar-refractivity contribution < 1.29 is 19.0 Å². The highest BCUT2D eigenvalue weighted by Crippen LogP contribution is 2.30. The molecule has 2 fully saturated rings. The number of carbonyl (C=O) groups is 1. The number of fused-ring (bicyclic) bond motifs is 1. The van der Waals surface area contributed by atoms with Crippen LogP contribution in [-0.2, 0) is 14.2 Å². The molecule has 0 spiro atoms. The van der Waals surface area contributed by atoms with Gasteiger partial charge < -0.3 is 14.2 Å². The van der Waals surface area contributed by atoms with E-state index in [1.54, 1.807) is 0 Å². The van der Waals surface area contributed by atoms with Gasteiger partial charge in [-0.3, -0.25) is 0 Å². The molecule has 2 heterocycles. The van der Waals surface area contributed by atoms with Crippen LogP contribution in [0.4, 0.5) is 4.79 Å². The zero-order valence-corrected chi connectivity index (χ0v) is 11.8. The fourth-order valence-corrected chi connectivity index (χ4v) is 2.87. The molecule has 0 aromatic rings. The van der Waals surface area contributed by atoms with Gasteiger partial charge in [0.25, 0.3) is 0 Å². The second-order valence-corrected chi connectivity index (χ2v) is 5.96. The van der Waals surface area contributed by atoms with Crippen molar-refractivity contribution in [2.75, 3.05) is 0 Å². The van der Waals surface area contributed by atoms with E-state index in [0.717, 1.165) is 25.7 Å². The van der Waals surface area contributed by atoms with Crippen molar-refractivity contribution in [2.45, 2.75) is 68.8 Å². The minimum absolute atomic E-state index is 0.0899. The van der Waals surface area contributed by atoms with Gasteiger partial charge in [0.1, 0.15) is 12.2 Å². The van der Waals surface area contributed by atoms with Gasteiger partial charge in [0.2, 0.25) is 0 Å². The van der Waals surface area contributed by atoms with E-state index in [0.29, 0.717) is 4.83 Å². The first kappa shape index (κ1) is 13.1. The van der Waals surface area contributed by atoms with Crippen LogP contribution in [0.25, 0.3) is 0 Å². The molecule has 2 rings (SSSR count). The molecule has 2 saturated heterocycles. The summed E-state index contributed by atoms with van der Waals surface area (Å²) in [5, 5.41) is 0. The van der Waals surface area contributed by atoms with Crippen LogP contribution in [0.3, 0.4) is 0 Å². The summed E-state index contributed by atoms with van der Waals surface area (Å²) in [6.45, 7) is 4.16. The lowest BCUT2D eigenvalue weighted by molar-refractivity contribution is -0.0510. The molecule has 0 bridgehead atoms. The van der Waals surface area contributed by atoms with E-state index < -0.39 is 6.16 Å². The topological polar surface area (TPSA) is 44.8 Å². The summed E-state index contributed by atoms with van der Waals surface area (Å²) < 4.78 is 16.3. The van der Waals surface area contributed by atoms with Crippen LogP contribution in [0.2, 0.25) is 0 Å². The van der Waals surface area contributed by atoms with Crippen LogP contribution < -0.4 is 0 Å². The SMILES string of the molecule is CC[C@@H](Br)[C@@H]1CC[C@H]2OC(=O)O[C@H]2C[C@H](C)O1. The third kappa shape index (κ3) is 3.13. The molecule has 0 saturated carbocycles. The summed E-state index contributed by atoms with van der Waals surface area (Å²) >= 11 is 3.65. The second-order valence-electron chi connectivity index (χ2n) is 4.79. The average Bonchev–Trinajstić information content (AvgIpc) is 2.60. The molecule has 4 nitrogen and oxygen atoms in total. The number of halogens is 1. The summed E-state index contributed by atoms with van der Waals surface area (Å²) in [6.07, 6.45) is 2.99. The molecule has 0 radical (unpaired) electrons. The van der Waals surface area contributed by atoms with Gasteiger partial charge in [-0.1, -0.05) is 22.9 Å². The first-order valence-electron chi connectivity index (χ1n) is 6.27. The highest BCUT2D eigenvalue weighted by Gasteiger charge is 2.40. The quantitative estimate of drug-likeness (QED) is 0.581. The molecule has 2 aliphatic rings. The van der Waals surface area contributed by atoms with Crippen LogP contribution in [0, 0.1) is 0 Å². The zero-order chi connectivity index (χ0) is 12.4. The molecule has 5 atom stereocenters. The van der Waals surface area contributed by atoms with Crippen molar-refractivity contribution >= 4 is 22.1 Å². The molecule has 0 unspecified atom stereocenters. The van der Waals surface area contributed by atoms with E-state index >= 15 is 0 Å². The van der Waals surface area contributed by atoms with Crippen LogP contribution in [-0.4, -0.2) is 35.4 Å². The Labute approximate surface area is 110 Å². The lowest BCUT2D eigenvalue weighted by atomic mass is 9.97. The minimum Gasteiger partial charge on any atom is -0.427 e. The number of alkyl halides is 1. The highest BCUT2D eigenvalue weighted by atomic mass is 79.9. The molecule has 0 N–H and O–H groups in total. The summed E-state index contributed by atoms with van der Waals surface area (Å²) in [6, 6.07) is 0. The number of hydrogen-bond donors (Lipinski definition) is 0. The minimum atomic E-state index is -0.531. The van der Waals surface area contributed by atoms with Gasteiger partial charge in [0.05, 0.1) is 12.2 Å². The van der Waals surface area contributed by atoms with Gasteiger partial charge in [-0.05, 0) is 26.2 Å². The van der Waals surface area contributed by atoms with Crippen molar-refractivity contribution in [1.29, 1.82) is 0 Å². The van der Waals surface area contributed by atoms with Gasteiger partial charge in [-0.25, -0.2) is 4.79 Å². The lowest BCUT2D eigenvalue weighted by Crippen LogP contribution is -2.37. The molecule has 0 aromatic carbocycles. The Morgan fingerprint density at radius 1 is 1.35 bits per heavy atom. The van der Waals surface area contributed by atoms with Gasteiger partial charge in [-0.2, -0.15) is 0 Å². The summed E-state index contributed by atoms with van der Waals surface area (Å²) in [4.78, 5) is 11.5. The van der Waals surface area contributed by atoms with E-state index in [1.165, 1.54) is 0 Å². The third-order valence-electron chi connectivity index (χ3n) is 3.41. The summed E-state index contributed by atoms with van der Waals surface area (Å²) in [7, 11) is 0. The van der Waals surface area contributed by atoms with E-state index in [-0.39, 0.29) is 24.4 Å².